The Hall–Kier alpha value is -0.570. The van der Waals surface area contributed by atoms with E-state index < -0.39 is 0 Å². The van der Waals surface area contributed by atoms with Crippen LogP contribution in [0.5, 0.6) is 0 Å². The van der Waals surface area contributed by atoms with Crippen molar-refractivity contribution in [3.8, 4) is 0 Å². The smallest absolute Gasteiger partial charge is 0.314 e. The summed E-state index contributed by atoms with van der Waals surface area (Å²) in [7, 11) is 0. The summed E-state index contributed by atoms with van der Waals surface area (Å²) in [5.74, 6) is -0.0324. The molecule has 0 bridgehead atoms. The van der Waals surface area contributed by atoms with Crippen molar-refractivity contribution in [3.63, 3.8) is 0 Å². The van der Waals surface area contributed by atoms with E-state index in [1.807, 2.05) is 6.92 Å². The molecule has 13 heavy (non-hydrogen) atoms. The molecule has 0 aromatic heterocycles. The average molecular weight is 184 g/mol. The first-order valence-electron chi connectivity index (χ1n) is 5.08. The Morgan fingerprint density at radius 3 is 3.23 bits per heavy atom. The van der Waals surface area contributed by atoms with E-state index in [4.69, 9.17) is 9.47 Å². The lowest BCUT2D eigenvalue weighted by molar-refractivity contribution is -0.157. The van der Waals surface area contributed by atoms with Crippen LogP contribution in [0.3, 0.4) is 0 Å². The summed E-state index contributed by atoms with van der Waals surface area (Å²) in [6, 6.07) is 0. The molecule has 2 rings (SSSR count). The van der Waals surface area contributed by atoms with Crippen LogP contribution in [0.1, 0.15) is 32.6 Å². The van der Waals surface area contributed by atoms with Crippen molar-refractivity contribution in [1.82, 2.24) is 0 Å². The monoisotopic (exact) mass is 184 g/mol. The number of ether oxygens (including phenoxy) is 2. The van der Waals surface area contributed by atoms with Crippen LogP contribution < -0.4 is 0 Å². The molecule has 1 saturated heterocycles. The van der Waals surface area contributed by atoms with Gasteiger partial charge in [0.15, 0.2) is 0 Å². The summed E-state index contributed by atoms with van der Waals surface area (Å²) in [5.41, 5.74) is -0.268. The van der Waals surface area contributed by atoms with E-state index in [2.05, 4.69) is 0 Å². The summed E-state index contributed by atoms with van der Waals surface area (Å²) in [4.78, 5) is 11.7. The average Bonchev–Trinajstić information content (AvgIpc) is 2.61. The Bertz CT molecular complexity index is 202. The van der Waals surface area contributed by atoms with E-state index in [1.54, 1.807) is 0 Å². The highest BCUT2D eigenvalue weighted by Gasteiger charge is 2.53. The van der Waals surface area contributed by atoms with E-state index in [9.17, 15) is 4.79 Å². The first kappa shape index (κ1) is 9.00. The van der Waals surface area contributed by atoms with Gasteiger partial charge in [0.2, 0.25) is 0 Å². The summed E-state index contributed by atoms with van der Waals surface area (Å²) >= 11 is 0. The van der Waals surface area contributed by atoms with E-state index >= 15 is 0 Å². The molecule has 0 radical (unpaired) electrons. The molecule has 0 N–H and O–H groups in total. The van der Waals surface area contributed by atoms with Gasteiger partial charge in [-0.05, 0) is 32.6 Å². The summed E-state index contributed by atoms with van der Waals surface area (Å²) in [5, 5.41) is 0. The zero-order valence-corrected chi connectivity index (χ0v) is 8.04. The lowest BCUT2D eigenvalue weighted by atomic mass is 9.83. The zero-order valence-electron chi connectivity index (χ0n) is 8.04. The van der Waals surface area contributed by atoms with Gasteiger partial charge in [-0.3, -0.25) is 4.79 Å². The maximum Gasteiger partial charge on any atom is 0.314 e. The molecule has 0 spiro atoms. The van der Waals surface area contributed by atoms with Crippen LogP contribution >= 0.6 is 0 Å². The molecule has 0 amide bonds. The third-order valence-corrected chi connectivity index (χ3v) is 3.25. The molecular formula is C10H16O3. The standard InChI is InChI=1S/C10H16O3/c1-2-12-9(11)10-5-3-4-8(10)13-7-6-10/h8H,2-7H2,1H3/t8-,10-/m1/s1. The molecule has 74 valence electrons. The van der Waals surface area contributed by atoms with Crippen LogP contribution in [0, 0.1) is 5.41 Å². The highest BCUT2D eigenvalue weighted by atomic mass is 16.5. The second-order valence-electron chi connectivity index (χ2n) is 3.88. The molecular weight excluding hydrogens is 168 g/mol. The van der Waals surface area contributed by atoms with Gasteiger partial charge in [0.1, 0.15) is 0 Å². The fraction of sp³-hybridized carbons (Fsp3) is 0.900. The first-order chi connectivity index (χ1) is 6.29. The normalized spacial score (nSPS) is 37.5. The largest absolute Gasteiger partial charge is 0.465 e. The van der Waals surface area contributed by atoms with Crippen LogP contribution in [0.15, 0.2) is 0 Å². The SMILES string of the molecule is CCOC(=O)[C@@]12CCC[C@H]1OCC2. The van der Waals surface area contributed by atoms with Crippen molar-refractivity contribution in [2.75, 3.05) is 13.2 Å². The highest BCUT2D eigenvalue weighted by molar-refractivity contribution is 5.78. The van der Waals surface area contributed by atoms with Gasteiger partial charge in [-0.2, -0.15) is 0 Å². The van der Waals surface area contributed by atoms with Crippen molar-refractivity contribution in [2.24, 2.45) is 5.41 Å². The molecule has 2 atom stereocenters. The number of hydrogen-bond acceptors (Lipinski definition) is 3. The van der Waals surface area contributed by atoms with Crippen molar-refractivity contribution in [2.45, 2.75) is 38.7 Å². The molecule has 0 aromatic carbocycles. The number of carbonyl (C=O) groups is 1. The Kier molecular flexibility index (Phi) is 2.28. The maximum atomic E-state index is 11.7. The van der Waals surface area contributed by atoms with Gasteiger partial charge in [-0.1, -0.05) is 0 Å². The lowest BCUT2D eigenvalue weighted by Crippen LogP contribution is -2.36. The number of rotatable bonds is 2. The predicted molar refractivity (Wildman–Crippen MR) is 47.3 cm³/mol. The lowest BCUT2D eigenvalue weighted by Gasteiger charge is -2.24. The summed E-state index contributed by atoms with van der Waals surface area (Å²) < 4.78 is 10.7. The number of carbonyl (C=O) groups excluding carboxylic acids is 1. The molecule has 0 aromatic rings. The Labute approximate surface area is 78.4 Å². The zero-order chi connectivity index (χ0) is 9.31. The third kappa shape index (κ3) is 1.26. The van der Waals surface area contributed by atoms with Gasteiger partial charge in [-0.15, -0.1) is 0 Å². The third-order valence-electron chi connectivity index (χ3n) is 3.25. The number of fused-ring (bicyclic) bond motifs is 1. The molecule has 2 fully saturated rings. The van der Waals surface area contributed by atoms with E-state index in [0.717, 1.165) is 32.3 Å². The van der Waals surface area contributed by atoms with Crippen molar-refractivity contribution in [1.29, 1.82) is 0 Å². The van der Waals surface area contributed by atoms with Crippen LogP contribution in [-0.2, 0) is 14.3 Å². The molecule has 1 heterocycles. The Morgan fingerprint density at radius 1 is 1.62 bits per heavy atom. The topological polar surface area (TPSA) is 35.5 Å². The second-order valence-corrected chi connectivity index (χ2v) is 3.88. The molecule has 3 nitrogen and oxygen atoms in total. The van der Waals surface area contributed by atoms with E-state index in [1.165, 1.54) is 0 Å². The molecule has 1 aliphatic carbocycles. The minimum atomic E-state index is -0.268. The maximum absolute atomic E-state index is 11.7. The minimum Gasteiger partial charge on any atom is -0.465 e. The van der Waals surface area contributed by atoms with E-state index in [0.29, 0.717) is 6.61 Å². The van der Waals surface area contributed by atoms with Gasteiger partial charge in [0.25, 0.3) is 0 Å². The molecule has 2 aliphatic rings. The molecule has 1 aliphatic heterocycles. The van der Waals surface area contributed by atoms with Crippen molar-refractivity contribution < 1.29 is 14.3 Å². The van der Waals surface area contributed by atoms with E-state index in [-0.39, 0.29) is 17.5 Å². The first-order valence-corrected chi connectivity index (χ1v) is 5.08. The van der Waals surface area contributed by atoms with Crippen molar-refractivity contribution >= 4 is 5.97 Å². The molecule has 1 saturated carbocycles. The number of esters is 1. The second kappa shape index (κ2) is 3.29. The minimum absolute atomic E-state index is 0.0324. The highest BCUT2D eigenvalue weighted by Crippen LogP contribution is 2.48. The van der Waals surface area contributed by atoms with Gasteiger partial charge in [0, 0.05) is 6.61 Å². The van der Waals surface area contributed by atoms with Gasteiger partial charge >= 0.3 is 5.97 Å². The summed E-state index contributed by atoms with van der Waals surface area (Å²) in [6.45, 7) is 3.06. The number of hydrogen-bond donors (Lipinski definition) is 0. The Balaban J connectivity index is 2.12. The van der Waals surface area contributed by atoms with Crippen LogP contribution in [0.25, 0.3) is 0 Å². The van der Waals surface area contributed by atoms with Crippen LogP contribution in [0.2, 0.25) is 0 Å². The van der Waals surface area contributed by atoms with Crippen LogP contribution in [-0.4, -0.2) is 25.3 Å². The summed E-state index contributed by atoms with van der Waals surface area (Å²) in [6.07, 6.45) is 4.08. The molecule has 0 unspecified atom stereocenters. The fourth-order valence-electron chi connectivity index (χ4n) is 2.56. The predicted octanol–water partition coefficient (Wildman–Crippen LogP) is 1.51. The fourth-order valence-corrected chi connectivity index (χ4v) is 2.56. The van der Waals surface area contributed by atoms with Gasteiger partial charge in [0.05, 0.1) is 18.1 Å². The van der Waals surface area contributed by atoms with Crippen molar-refractivity contribution in [3.05, 3.63) is 0 Å². The van der Waals surface area contributed by atoms with Gasteiger partial charge in [-0.25, -0.2) is 0 Å². The Morgan fingerprint density at radius 2 is 2.46 bits per heavy atom. The molecule has 3 heteroatoms. The van der Waals surface area contributed by atoms with Crippen LogP contribution in [0.4, 0.5) is 0 Å². The quantitative estimate of drug-likeness (QED) is 0.610. The van der Waals surface area contributed by atoms with Gasteiger partial charge < -0.3 is 9.47 Å².